The van der Waals surface area contributed by atoms with Crippen LogP contribution >= 0.6 is 11.3 Å². The van der Waals surface area contributed by atoms with Gasteiger partial charge in [-0.05, 0) is 60.6 Å². The van der Waals surface area contributed by atoms with E-state index >= 15 is 0 Å². The largest absolute Gasteiger partial charge is 0.338 e. The fourth-order valence-corrected chi connectivity index (χ4v) is 5.43. The summed E-state index contributed by atoms with van der Waals surface area (Å²) in [5.74, 6) is 0.450. The lowest BCUT2D eigenvalue weighted by atomic mass is 9.73. The molecule has 3 heterocycles. The molecule has 1 aromatic carbocycles. The summed E-state index contributed by atoms with van der Waals surface area (Å²) in [5.41, 5.74) is 2.48. The normalized spacial score (nSPS) is 19.7. The van der Waals surface area contributed by atoms with Crippen molar-refractivity contribution < 1.29 is 9.59 Å². The number of carbonyl (C=O) groups excluding carboxylic acids is 2. The van der Waals surface area contributed by atoms with E-state index < -0.39 is 0 Å². The number of hydrogen-bond donors (Lipinski definition) is 0. The summed E-state index contributed by atoms with van der Waals surface area (Å²) in [6.45, 7) is 5.16. The van der Waals surface area contributed by atoms with E-state index in [1.807, 2.05) is 46.4 Å². The van der Waals surface area contributed by atoms with Crippen LogP contribution in [0.15, 0.2) is 41.8 Å². The number of nitrogens with zero attached hydrogens (tertiary/aromatic N) is 2. The second-order valence-electron chi connectivity index (χ2n) is 8.28. The van der Waals surface area contributed by atoms with E-state index in [1.54, 1.807) is 11.3 Å². The van der Waals surface area contributed by atoms with Crippen LogP contribution in [0, 0.1) is 12.3 Å². The van der Waals surface area contributed by atoms with Crippen LogP contribution in [-0.4, -0.2) is 41.2 Å². The maximum Gasteiger partial charge on any atom is 0.264 e. The molecule has 148 valence electrons. The van der Waals surface area contributed by atoms with Crippen LogP contribution in [0.1, 0.15) is 52.9 Å². The summed E-state index contributed by atoms with van der Waals surface area (Å²) < 4.78 is 0. The third kappa shape index (κ3) is 4.00. The van der Waals surface area contributed by atoms with Crippen molar-refractivity contribution >= 4 is 23.2 Å². The minimum absolute atomic E-state index is 0.178. The van der Waals surface area contributed by atoms with E-state index in [4.69, 9.17) is 0 Å². The van der Waals surface area contributed by atoms with Crippen molar-refractivity contribution in [3.63, 3.8) is 0 Å². The molecule has 1 aromatic heterocycles. The monoisotopic (exact) mass is 396 g/mol. The highest BCUT2D eigenvalue weighted by molar-refractivity contribution is 7.12. The summed E-state index contributed by atoms with van der Waals surface area (Å²) >= 11 is 1.54. The first-order valence-corrected chi connectivity index (χ1v) is 11.1. The second-order valence-corrected chi connectivity index (χ2v) is 9.19. The maximum absolute atomic E-state index is 12.8. The second kappa shape index (κ2) is 8.08. The predicted molar refractivity (Wildman–Crippen MR) is 112 cm³/mol. The quantitative estimate of drug-likeness (QED) is 0.767. The molecule has 4 nitrogen and oxygen atoms in total. The van der Waals surface area contributed by atoms with E-state index in [0.717, 1.165) is 55.8 Å². The molecule has 2 saturated heterocycles. The SMILES string of the molecule is Cc1ccsc1C(=O)N1CCC2(CCC(=O)N(Cc3ccccc3)CC2)CC1. The van der Waals surface area contributed by atoms with Crippen LogP contribution in [0.2, 0.25) is 0 Å². The highest BCUT2D eigenvalue weighted by Gasteiger charge is 2.39. The van der Waals surface area contributed by atoms with Gasteiger partial charge in [0.05, 0.1) is 4.88 Å². The molecule has 0 N–H and O–H groups in total. The van der Waals surface area contributed by atoms with Crippen molar-refractivity contribution in [3.8, 4) is 0 Å². The number of amides is 2. The first kappa shape index (κ1) is 19.2. The van der Waals surface area contributed by atoms with Gasteiger partial charge in [-0.3, -0.25) is 9.59 Å². The minimum Gasteiger partial charge on any atom is -0.338 e. The molecule has 0 radical (unpaired) electrons. The zero-order valence-corrected chi connectivity index (χ0v) is 17.3. The van der Waals surface area contributed by atoms with Crippen molar-refractivity contribution in [2.24, 2.45) is 5.41 Å². The number of rotatable bonds is 3. The van der Waals surface area contributed by atoms with Gasteiger partial charge in [-0.2, -0.15) is 0 Å². The van der Waals surface area contributed by atoms with Gasteiger partial charge in [0.15, 0.2) is 0 Å². The fraction of sp³-hybridized carbons (Fsp3) is 0.478. The molecule has 5 heteroatoms. The van der Waals surface area contributed by atoms with Crippen molar-refractivity contribution in [2.45, 2.75) is 45.6 Å². The zero-order chi connectivity index (χ0) is 19.6. The van der Waals surface area contributed by atoms with Gasteiger partial charge in [0.2, 0.25) is 5.91 Å². The molecule has 0 atom stereocenters. The third-order valence-electron chi connectivity index (χ3n) is 6.52. The lowest BCUT2D eigenvalue weighted by molar-refractivity contribution is -0.131. The van der Waals surface area contributed by atoms with Gasteiger partial charge in [-0.25, -0.2) is 0 Å². The Morgan fingerprint density at radius 1 is 1.04 bits per heavy atom. The zero-order valence-electron chi connectivity index (χ0n) is 16.5. The number of aryl methyl sites for hydroxylation is 1. The van der Waals surface area contributed by atoms with Crippen LogP contribution < -0.4 is 0 Å². The first-order chi connectivity index (χ1) is 13.6. The summed E-state index contributed by atoms with van der Waals surface area (Å²) in [7, 11) is 0. The van der Waals surface area contributed by atoms with Gasteiger partial charge in [0.25, 0.3) is 5.91 Å². The summed E-state index contributed by atoms with van der Waals surface area (Å²) in [4.78, 5) is 30.4. The molecule has 2 aliphatic heterocycles. The van der Waals surface area contributed by atoms with Gasteiger partial charge >= 0.3 is 0 Å². The summed E-state index contributed by atoms with van der Waals surface area (Å²) in [6, 6.07) is 12.3. The fourth-order valence-electron chi connectivity index (χ4n) is 4.54. The van der Waals surface area contributed by atoms with E-state index in [1.165, 1.54) is 5.56 Å². The molecule has 2 fully saturated rings. The average Bonchev–Trinajstić information content (AvgIpc) is 3.10. The Morgan fingerprint density at radius 2 is 1.75 bits per heavy atom. The predicted octanol–water partition coefficient (Wildman–Crippen LogP) is 4.49. The molecular formula is C23H28N2O2S. The number of thiophene rings is 1. The molecule has 28 heavy (non-hydrogen) atoms. The molecule has 2 amide bonds. The Bertz CT molecular complexity index is 837. The lowest BCUT2D eigenvalue weighted by Crippen LogP contribution is -2.43. The van der Waals surface area contributed by atoms with Gasteiger partial charge in [-0.15, -0.1) is 11.3 Å². The van der Waals surface area contributed by atoms with Crippen molar-refractivity contribution in [3.05, 3.63) is 57.8 Å². The molecule has 0 unspecified atom stereocenters. The number of likely N-dealkylation sites (tertiary alicyclic amines) is 2. The van der Waals surface area contributed by atoms with Crippen LogP contribution in [0.5, 0.6) is 0 Å². The van der Waals surface area contributed by atoms with Crippen molar-refractivity contribution in [2.75, 3.05) is 19.6 Å². The first-order valence-electron chi connectivity index (χ1n) is 10.2. The van der Waals surface area contributed by atoms with Gasteiger partial charge < -0.3 is 9.80 Å². The lowest BCUT2D eigenvalue weighted by Gasteiger charge is -2.41. The molecular weight excluding hydrogens is 368 g/mol. The maximum atomic E-state index is 12.8. The highest BCUT2D eigenvalue weighted by atomic mass is 32.1. The van der Waals surface area contributed by atoms with E-state index in [2.05, 4.69) is 12.1 Å². The summed E-state index contributed by atoms with van der Waals surface area (Å²) in [6.07, 6.45) is 4.65. The Balaban J connectivity index is 1.37. The number of piperidine rings is 1. The molecule has 0 bridgehead atoms. The molecule has 0 saturated carbocycles. The van der Waals surface area contributed by atoms with Crippen molar-refractivity contribution in [1.29, 1.82) is 0 Å². The Morgan fingerprint density at radius 3 is 2.43 bits per heavy atom. The number of benzene rings is 1. The third-order valence-corrected chi connectivity index (χ3v) is 7.52. The molecule has 0 aliphatic carbocycles. The molecule has 2 aromatic rings. The van der Waals surface area contributed by atoms with Crippen LogP contribution in [0.3, 0.4) is 0 Å². The van der Waals surface area contributed by atoms with Gasteiger partial charge in [0, 0.05) is 32.6 Å². The Kier molecular flexibility index (Phi) is 5.54. The van der Waals surface area contributed by atoms with E-state index in [-0.39, 0.29) is 17.2 Å². The van der Waals surface area contributed by atoms with Gasteiger partial charge in [-0.1, -0.05) is 30.3 Å². The number of hydrogen-bond acceptors (Lipinski definition) is 3. The standard InChI is InChI=1S/C23H28N2O2S/c1-18-8-16-28-21(18)22(27)24-13-10-23(11-14-24)9-7-20(26)25(15-12-23)17-19-5-3-2-4-6-19/h2-6,8,16H,7,9-15,17H2,1H3. The summed E-state index contributed by atoms with van der Waals surface area (Å²) in [5, 5.41) is 1.99. The van der Waals surface area contributed by atoms with E-state index in [0.29, 0.717) is 13.0 Å². The number of carbonyl (C=O) groups is 2. The Hall–Kier alpha value is -2.14. The van der Waals surface area contributed by atoms with Crippen molar-refractivity contribution in [1.82, 2.24) is 9.80 Å². The molecule has 4 rings (SSSR count). The van der Waals surface area contributed by atoms with Crippen LogP contribution in [-0.2, 0) is 11.3 Å². The topological polar surface area (TPSA) is 40.6 Å². The molecule has 1 spiro atoms. The van der Waals surface area contributed by atoms with Gasteiger partial charge in [0.1, 0.15) is 0 Å². The van der Waals surface area contributed by atoms with Crippen LogP contribution in [0.4, 0.5) is 0 Å². The smallest absolute Gasteiger partial charge is 0.264 e. The minimum atomic E-state index is 0.178. The highest BCUT2D eigenvalue weighted by Crippen LogP contribution is 2.42. The van der Waals surface area contributed by atoms with Crippen LogP contribution in [0.25, 0.3) is 0 Å². The Labute approximate surface area is 171 Å². The average molecular weight is 397 g/mol. The molecule has 2 aliphatic rings. The van der Waals surface area contributed by atoms with E-state index in [9.17, 15) is 9.59 Å².